The van der Waals surface area contributed by atoms with Crippen LogP contribution in [0.1, 0.15) is 12.5 Å². The molecule has 0 fully saturated rings. The second-order valence-electron chi connectivity index (χ2n) is 3.09. The van der Waals surface area contributed by atoms with E-state index in [0.29, 0.717) is 15.8 Å². The summed E-state index contributed by atoms with van der Waals surface area (Å²) in [5.74, 6) is 0.0943. The molecule has 78 valence electrons. The van der Waals surface area contributed by atoms with E-state index in [1.54, 1.807) is 13.0 Å². The number of benzene rings is 1. The molecule has 2 nitrogen and oxygen atoms in total. The number of ether oxygens (including phenoxy) is 1. The van der Waals surface area contributed by atoms with Gasteiger partial charge in [-0.2, -0.15) is 0 Å². The Labute approximate surface area is 90.8 Å². The highest BCUT2D eigenvalue weighted by molar-refractivity contribution is 9.10. The third-order valence-corrected chi connectivity index (χ3v) is 2.48. The monoisotopic (exact) mass is 262 g/mol. The highest BCUT2D eigenvalue weighted by Crippen LogP contribution is 2.31. The average molecular weight is 263 g/mol. The van der Waals surface area contributed by atoms with Crippen LogP contribution < -0.4 is 4.74 Å². The summed E-state index contributed by atoms with van der Waals surface area (Å²) in [5.41, 5.74) is 0.400. The smallest absolute Gasteiger partial charge is 0.139 e. The number of hydrogen-bond acceptors (Lipinski definition) is 2. The van der Waals surface area contributed by atoms with Crippen molar-refractivity contribution in [2.45, 2.75) is 19.4 Å². The van der Waals surface area contributed by atoms with E-state index in [9.17, 15) is 9.50 Å². The first kappa shape index (κ1) is 11.5. The molecule has 0 aliphatic heterocycles. The molecule has 0 saturated heterocycles. The molecular formula is C10H12BrFO2. The molecule has 1 aromatic rings. The van der Waals surface area contributed by atoms with Crippen LogP contribution in [0.25, 0.3) is 0 Å². The van der Waals surface area contributed by atoms with Crippen LogP contribution in [0.2, 0.25) is 0 Å². The molecule has 1 unspecified atom stereocenters. The van der Waals surface area contributed by atoms with Crippen molar-refractivity contribution >= 4 is 15.9 Å². The van der Waals surface area contributed by atoms with Gasteiger partial charge in [-0.15, -0.1) is 0 Å². The van der Waals surface area contributed by atoms with Gasteiger partial charge < -0.3 is 9.84 Å². The van der Waals surface area contributed by atoms with Gasteiger partial charge in [0, 0.05) is 12.0 Å². The molecule has 1 N–H and O–H groups in total. The highest BCUT2D eigenvalue weighted by atomic mass is 79.9. The van der Waals surface area contributed by atoms with Gasteiger partial charge in [0.2, 0.25) is 0 Å². The third-order valence-electron chi connectivity index (χ3n) is 1.86. The number of aliphatic hydroxyl groups is 1. The van der Waals surface area contributed by atoms with Crippen LogP contribution in [0.4, 0.5) is 4.39 Å². The first-order chi connectivity index (χ1) is 6.56. The van der Waals surface area contributed by atoms with E-state index in [2.05, 4.69) is 15.9 Å². The molecular weight excluding hydrogens is 251 g/mol. The summed E-state index contributed by atoms with van der Waals surface area (Å²) in [6.07, 6.45) is -0.346. The van der Waals surface area contributed by atoms with Gasteiger partial charge in [0.15, 0.2) is 0 Å². The molecule has 0 spiro atoms. The summed E-state index contributed by atoms with van der Waals surface area (Å²) in [7, 11) is 1.48. The van der Waals surface area contributed by atoms with E-state index in [4.69, 9.17) is 4.74 Å². The van der Waals surface area contributed by atoms with Crippen molar-refractivity contribution < 1.29 is 14.2 Å². The minimum atomic E-state index is -0.590. The maximum atomic E-state index is 13.4. The third kappa shape index (κ3) is 2.45. The summed E-state index contributed by atoms with van der Waals surface area (Å²) in [5, 5.41) is 9.20. The molecule has 14 heavy (non-hydrogen) atoms. The van der Waals surface area contributed by atoms with E-state index in [1.807, 2.05) is 0 Å². The lowest BCUT2D eigenvalue weighted by molar-refractivity contribution is 0.192. The van der Waals surface area contributed by atoms with Crippen LogP contribution in [-0.2, 0) is 6.42 Å². The molecule has 4 heteroatoms. The van der Waals surface area contributed by atoms with Gasteiger partial charge in [-0.05, 0) is 35.0 Å². The van der Waals surface area contributed by atoms with Gasteiger partial charge in [-0.3, -0.25) is 0 Å². The minimum absolute atomic E-state index is 0.244. The molecule has 0 saturated carbocycles. The van der Waals surface area contributed by atoms with Crippen LogP contribution in [0, 0.1) is 5.82 Å². The predicted molar refractivity (Wildman–Crippen MR) is 56.0 cm³/mol. The standard InChI is InChI=1S/C10H12BrFO2/c1-6(13)5-7-9(12)4-3-8(11)10(7)14-2/h3-4,6,13H,5H2,1-2H3. The van der Waals surface area contributed by atoms with Crippen molar-refractivity contribution in [1.82, 2.24) is 0 Å². The SMILES string of the molecule is COc1c(Br)ccc(F)c1CC(C)O. The fraction of sp³-hybridized carbons (Fsp3) is 0.400. The van der Waals surface area contributed by atoms with Crippen LogP contribution >= 0.6 is 15.9 Å². The fourth-order valence-corrected chi connectivity index (χ4v) is 1.81. The van der Waals surface area contributed by atoms with E-state index in [0.717, 1.165) is 0 Å². The molecule has 0 amide bonds. The van der Waals surface area contributed by atoms with Crippen molar-refractivity contribution in [2.75, 3.05) is 7.11 Å². The average Bonchev–Trinajstić information content (AvgIpc) is 2.11. The van der Waals surface area contributed by atoms with E-state index in [-0.39, 0.29) is 12.2 Å². The Morgan fingerprint density at radius 2 is 2.21 bits per heavy atom. The van der Waals surface area contributed by atoms with Gasteiger partial charge in [-0.1, -0.05) is 0 Å². The van der Waals surface area contributed by atoms with Crippen LogP contribution in [-0.4, -0.2) is 18.3 Å². The lowest BCUT2D eigenvalue weighted by Gasteiger charge is -2.12. The van der Waals surface area contributed by atoms with Crippen LogP contribution in [0.3, 0.4) is 0 Å². The normalized spacial score (nSPS) is 12.6. The maximum Gasteiger partial charge on any atom is 0.139 e. The van der Waals surface area contributed by atoms with E-state index < -0.39 is 6.10 Å². The summed E-state index contributed by atoms with van der Waals surface area (Å²) in [6, 6.07) is 2.93. The number of rotatable bonds is 3. The van der Waals surface area contributed by atoms with Crippen molar-refractivity contribution in [3.63, 3.8) is 0 Å². The van der Waals surface area contributed by atoms with E-state index >= 15 is 0 Å². The number of methoxy groups -OCH3 is 1. The molecule has 1 atom stereocenters. The molecule has 0 aromatic heterocycles. The number of aliphatic hydroxyl groups excluding tert-OH is 1. The van der Waals surface area contributed by atoms with Crippen molar-refractivity contribution in [3.8, 4) is 5.75 Å². The van der Waals surface area contributed by atoms with Gasteiger partial charge in [0.25, 0.3) is 0 Å². The Morgan fingerprint density at radius 3 is 2.71 bits per heavy atom. The minimum Gasteiger partial charge on any atom is -0.495 e. The Bertz CT molecular complexity index is 326. The van der Waals surface area contributed by atoms with Gasteiger partial charge >= 0.3 is 0 Å². The Balaban J connectivity index is 3.16. The lowest BCUT2D eigenvalue weighted by atomic mass is 10.1. The van der Waals surface area contributed by atoms with Gasteiger partial charge in [0.1, 0.15) is 11.6 Å². The van der Waals surface area contributed by atoms with Crippen molar-refractivity contribution in [1.29, 1.82) is 0 Å². The molecule has 1 aromatic carbocycles. The first-order valence-electron chi connectivity index (χ1n) is 4.25. The largest absolute Gasteiger partial charge is 0.495 e. The van der Waals surface area contributed by atoms with Crippen LogP contribution in [0.15, 0.2) is 16.6 Å². The van der Waals surface area contributed by atoms with Gasteiger partial charge in [0.05, 0.1) is 17.7 Å². The predicted octanol–water partition coefficient (Wildman–Crippen LogP) is 2.52. The molecule has 0 heterocycles. The van der Waals surface area contributed by atoms with Crippen molar-refractivity contribution in [2.24, 2.45) is 0 Å². The zero-order chi connectivity index (χ0) is 10.7. The fourth-order valence-electron chi connectivity index (χ4n) is 1.28. The molecule has 0 aliphatic rings. The highest BCUT2D eigenvalue weighted by Gasteiger charge is 2.14. The molecule has 0 bridgehead atoms. The maximum absolute atomic E-state index is 13.4. The molecule has 0 radical (unpaired) electrons. The van der Waals surface area contributed by atoms with Gasteiger partial charge in [-0.25, -0.2) is 4.39 Å². The number of hydrogen-bond donors (Lipinski definition) is 1. The summed E-state index contributed by atoms with van der Waals surface area (Å²) in [4.78, 5) is 0. The lowest BCUT2D eigenvalue weighted by Crippen LogP contribution is -2.08. The summed E-state index contributed by atoms with van der Waals surface area (Å²) < 4.78 is 19.1. The molecule has 0 aliphatic carbocycles. The topological polar surface area (TPSA) is 29.5 Å². The Kier molecular flexibility index (Phi) is 3.89. The van der Waals surface area contributed by atoms with E-state index in [1.165, 1.54) is 13.2 Å². The second-order valence-corrected chi connectivity index (χ2v) is 3.95. The van der Waals surface area contributed by atoms with Crippen LogP contribution in [0.5, 0.6) is 5.75 Å². The zero-order valence-corrected chi connectivity index (χ0v) is 9.64. The first-order valence-corrected chi connectivity index (χ1v) is 5.04. The molecule has 1 rings (SSSR count). The van der Waals surface area contributed by atoms with Crippen molar-refractivity contribution in [3.05, 3.63) is 28.0 Å². The summed E-state index contributed by atoms with van der Waals surface area (Å²) in [6.45, 7) is 1.61. The Morgan fingerprint density at radius 1 is 1.57 bits per heavy atom. The quantitative estimate of drug-likeness (QED) is 0.907. The number of halogens is 2. The zero-order valence-electron chi connectivity index (χ0n) is 8.05. The summed E-state index contributed by atoms with van der Waals surface area (Å²) >= 11 is 3.26. The second kappa shape index (κ2) is 4.75. The Hall–Kier alpha value is -0.610.